The standard InChI is InChI=1S/C16H16N6OS/c23-16(12-6-5-10-3-1-2-4-11(10)7-12)17-8-14-18-13(9-24-14)15-19-21-22-20-15/h5-7,9H,1-4,8H2,(H,17,23)(H,19,20,21,22). The molecular formula is C16H16N6OS. The predicted molar refractivity (Wildman–Crippen MR) is 89.5 cm³/mol. The third kappa shape index (κ3) is 3.05. The number of fused-ring (bicyclic) bond motifs is 1. The molecule has 1 aliphatic rings. The smallest absolute Gasteiger partial charge is 0.251 e. The topological polar surface area (TPSA) is 96.5 Å². The number of hydrogen-bond donors (Lipinski definition) is 2. The van der Waals surface area contributed by atoms with Crippen LogP contribution in [0, 0.1) is 0 Å². The number of nitrogens with one attached hydrogen (secondary N) is 2. The number of aromatic amines is 1. The van der Waals surface area contributed by atoms with Gasteiger partial charge in [0.1, 0.15) is 10.7 Å². The third-order valence-electron chi connectivity index (χ3n) is 4.14. The van der Waals surface area contributed by atoms with Crippen molar-refractivity contribution < 1.29 is 4.79 Å². The van der Waals surface area contributed by atoms with Crippen LogP contribution in [-0.4, -0.2) is 31.5 Å². The van der Waals surface area contributed by atoms with Gasteiger partial charge in [0.25, 0.3) is 5.91 Å². The van der Waals surface area contributed by atoms with Gasteiger partial charge in [-0.15, -0.1) is 21.5 Å². The van der Waals surface area contributed by atoms with Gasteiger partial charge in [0.05, 0.1) is 6.54 Å². The first-order chi connectivity index (χ1) is 11.8. The lowest BCUT2D eigenvalue weighted by molar-refractivity contribution is 0.0950. The molecule has 0 aliphatic heterocycles. The Morgan fingerprint density at radius 1 is 1.25 bits per heavy atom. The van der Waals surface area contributed by atoms with Crippen molar-refractivity contribution in [2.45, 2.75) is 32.2 Å². The SMILES string of the molecule is O=C(NCc1nc(-c2nn[nH]n2)cs1)c1ccc2c(c1)CCCC2. The summed E-state index contributed by atoms with van der Waals surface area (Å²) >= 11 is 1.46. The first-order valence-corrected chi connectivity index (χ1v) is 8.76. The van der Waals surface area contributed by atoms with Crippen LogP contribution in [0.3, 0.4) is 0 Å². The average Bonchev–Trinajstić information content (AvgIpc) is 3.30. The van der Waals surface area contributed by atoms with Crippen LogP contribution in [0.5, 0.6) is 0 Å². The molecule has 8 heteroatoms. The van der Waals surface area contributed by atoms with Gasteiger partial charge in [0.15, 0.2) is 0 Å². The second kappa shape index (κ2) is 6.48. The molecule has 4 rings (SSSR count). The lowest BCUT2D eigenvalue weighted by Crippen LogP contribution is -2.23. The molecule has 0 radical (unpaired) electrons. The summed E-state index contributed by atoms with van der Waals surface area (Å²) in [4.78, 5) is 16.8. The summed E-state index contributed by atoms with van der Waals surface area (Å²) in [5.74, 6) is 0.387. The van der Waals surface area contributed by atoms with Gasteiger partial charge in [0.2, 0.25) is 5.82 Å². The number of amides is 1. The summed E-state index contributed by atoms with van der Waals surface area (Å²) in [6.45, 7) is 0.387. The molecule has 0 fully saturated rings. The molecule has 1 aromatic carbocycles. The first-order valence-electron chi connectivity index (χ1n) is 7.88. The van der Waals surface area contributed by atoms with Crippen LogP contribution in [-0.2, 0) is 19.4 Å². The number of nitrogens with zero attached hydrogens (tertiary/aromatic N) is 4. The molecule has 0 spiro atoms. The van der Waals surface area contributed by atoms with Gasteiger partial charge in [-0.2, -0.15) is 5.21 Å². The van der Waals surface area contributed by atoms with Gasteiger partial charge in [-0.25, -0.2) is 4.98 Å². The van der Waals surface area contributed by atoms with E-state index in [1.807, 2.05) is 17.5 Å². The van der Waals surface area contributed by atoms with Crippen LogP contribution in [0.25, 0.3) is 11.5 Å². The molecule has 0 saturated carbocycles. The van der Waals surface area contributed by atoms with Gasteiger partial charge >= 0.3 is 0 Å². The zero-order chi connectivity index (χ0) is 16.4. The minimum absolute atomic E-state index is 0.0697. The third-order valence-corrected chi connectivity index (χ3v) is 4.99. The molecule has 2 heterocycles. The Labute approximate surface area is 142 Å². The number of carbonyl (C=O) groups excluding carboxylic acids is 1. The van der Waals surface area contributed by atoms with E-state index in [1.54, 1.807) is 0 Å². The van der Waals surface area contributed by atoms with Crippen molar-refractivity contribution in [2.24, 2.45) is 0 Å². The molecule has 2 aromatic heterocycles. The van der Waals surface area contributed by atoms with E-state index < -0.39 is 0 Å². The predicted octanol–water partition coefficient (Wildman–Crippen LogP) is 2.13. The summed E-state index contributed by atoms with van der Waals surface area (Å²) < 4.78 is 0. The number of tetrazole rings is 1. The zero-order valence-electron chi connectivity index (χ0n) is 13.0. The van der Waals surface area contributed by atoms with E-state index in [9.17, 15) is 4.79 Å². The monoisotopic (exact) mass is 340 g/mol. The highest BCUT2D eigenvalue weighted by molar-refractivity contribution is 7.09. The fourth-order valence-corrected chi connectivity index (χ4v) is 3.61. The van der Waals surface area contributed by atoms with Crippen molar-refractivity contribution in [1.29, 1.82) is 0 Å². The molecule has 0 saturated heterocycles. The highest BCUT2D eigenvalue weighted by atomic mass is 32.1. The van der Waals surface area contributed by atoms with Gasteiger partial charge in [0, 0.05) is 10.9 Å². The normalized spacial score (nSPS) is 13.5. The average molecular weight is 340 g/mol. The minimum Gasteiger partial charge on any atom is -0.346 e. The van der Waals surface area contributed by atoms with Gasteiger partial charge < -0.3 is 5.32 Å². The molecule has 0 bridgehead atoms. The summed E-state index contributed by atoms with van der Waals surface area (Å²) in [6, 6.07) is 6.02. The maximum Gasteiger partial charge on any atom is 0.251 e. The van der Waals surface area contributed by atoms with E-state index in [1.165, 1.54) is 35.3 Å². The fourth-order valence-electron chi connectivity index (χ4n) is 2.90. The Morgan fingerprint density at radius 3 is 2.96 bits per heavy atom. The number of thiazole rings is 1. The zero-order valence-corrected chi connectivity index (χ0v) is 13.8. The number of aromatic nitrogens is 5. The Kier molecular flexibility index (Phi) is 4.04. The van der Waals surface area contributed by atoms with Crippen LogP contribution in [0.4, 0.5) is 0 Å². The number of carbonyl (C=O) groups is 1. The van der Waals surface area contributed by atoms with E-state index in [0.717, 1.165) is 17.8 Å². The Hall–Kier alpha value is -2.61. The molecule has 0 atom stereocenters. The highest BCUT2D eigenvalue weighted by Gasteiger charge is 2.14. The molecule has 2 N–H and O–H groups in total. The van der Waals surface area contributed by atoms with Crippen LogP contribution in [0.1, 0.15) is 39.3 Å². The number of rotatable bonds is 4. The Morgan fingerprint density at radius 2 is 2.12 bits per heavy atom. The number of hydrogen-bond acceptors (Lipinski definition) is 6. The Balaban J connectivity index is 1.41. The quantitative estimate of drug-likeness (QED) is 0.758. The molecule has 1 aliphatic carbocycles. The molecular weight excluding hydrogens is 324 g/mol. The van der Waals surface area contributed by atoms with Crippen LogP contribution < -0.4 is 5.32 Å². The van der Waals surface area contributed by atoms with Crippen molar-refractivity contribution in [3.05, 3.63) is 45.3 Å². The molecule has 0 unspecified atom stereocenters. The van der Waals surface area contributed by atoms with E-state index in [-0.39, 0.29) is 5.91 Å². The highest BCUT2D eigenvalue weighted by Crippen LogP contribution is 2.22. The van der Waals surface area contributed by atoms with E-state index in [2.05, 4.69) is 37.0 Å². The molecule has 24 heavy (non-hydrogen) atoms. The van der Waals surface area contributed by atoms with Crippen LogP contribution in [0.15, 0.2) is 23.6 Å². The lowest BCUT2D eigenvalue weighted by Gasteiger charge is -2.16. The number of aryl methyl sites for hydroxylation is 2. The Bertz CT molecular complexity index is 857. The van der Waals surface area contributed by atoms with Crippen molar-refractivity contribution in [1.82, 2.24) is 30.9 Å². The van der Waals surface area contributed by atoms with Gasteiger partial charge in [-0.1, -0.05) is 6.07 Å². The minimum atomic E-state index is -0.0697. The van der Waals surface area contributed by atoms with Crippen molar-refractivity contribution in [3.63, 3.8) is 0 Å². The number of benzene rings is 1. The maximum absolute atomic E-state index is 12.4. The maximum atomic E-state index is 12.4. The number of H-pyrrole nitrogens is 1. The second-order valence-corrected chi connectivity index (χ2v) is 6.68. The molecule has 3 aromatic rings. The largest absolute Gasteiger partial charge is 0.346 e. The van der Waals surface area contributed by atoms with E-state index in [4.69, 9.17) is 0 Å². The van der Waals surface area contributed by atoms with E-state index >= 15 is 0 Å². The first kappa shape index (κ1) is 14.9. The van der Waals surface area contributed by atoms with Crippen molar-refractivity contribution in [2.75, 3.05) is 0 Å². The van der Waals surface area contributed by atoms with Crippen LogP contribution >= 0.6 is 11.3 Å². The summed E-state index contributed by atoms with van der Waals surface area (Å²) in [7, 11) is 0. The van der Waals surface area contributed by atoms with Crippen molar-refractivity contribution >= 4 is 17.2 Å². The molecule has 1 amide bonds. The summed E-state index contributed by atoms with van der Waals surface area (Å²) in [5.41, 5.74) is 4.06. The summed E-state index contributed by atoms with van der Waals surface area (Å²) in [6.07, 6.45) is 4.63. The molecule has 122 valence electrons. The van der Waals surface area contributed by atoms with E-state index in [0.29, 0.717) is 23.6 Å². The van der Waals surface area contributed by atoms with Gasteiger partial charge in [-0.3, -0.25) is 4.79 Å². The van der Waals surface area contributed by atoms with Crippen molar-refractivity contribution in [3.8, 4) is 11.5 Å². The van der Waals surface area contributed by atoms with Gasteiger partial charge in [-0.05, 0) is 54.2 Å². The fraction of sp³-hybridized carbons (Fsp3) is 0.312. The summed E-state index contributed by atoms with van der Waals surface area (Å²) in [5, 5.41) is 19.3. The lowest BCUT2D eigenvalue weighted by atomic mass is 9.90. The van der Waals surface area contributed by atoms with Crippen LogP contribution in [0.2, 0.25) is 0 Å². The molecule has 7 nitrogen and oxygen atoms in total. The second-order valence-electron chi connectivity index (χ2n) is 5.74.